The Hall–Kier alpha value is -3.75. The highest BCUT2D eigenvalue weighted by Crippen LogP contribution is 2.28. The largest absolute Gasteiger partial charge is 0.395 e. The quantitative estimate of drug-likeness (QED) is 0.337. The van der Waals surface area contributed by atoms with Crippen LogP contribution in [0.4, 0.5) is 17.3 Å². The molecular weight excluding hydrogens is 428 g/mol. The highest BCUT2D eigenvalue weighted by molar-refractivity contribution is 5.95. The van der Waals surface area contributed by atoms with E-state index in [1.54, 1.807) is 18.5 Å². The summed E-state index contributed by atoms with van der Waals surface area (Å²) in [5.41, 5.74) is 9.13. The molecule has 5 rings (SSSR count). The third-order valence-electron chi connectivity index (χ3n) is 6.45. The second kappa shape index (κ2) is 9.62. The number of likely N-dealkylation sites (tertiary alicyclic amines) is 1. The van der Waals surface area contributed by atoms with Crippen LogP contribution < -0.4 is 16.6 Å². The first-order valence-corrected chi connectivity index (χ1v) is 11.6. The normalized spacial score (nSPS) is 16.2. The van der Waals surface area contributed by atoms with Crippen LogP contribution in [0.5, 0.6) is 0 Å². The molecule has 4 heterocycles. The van der Waals surface area contributed by atoms with Crippen molar-refractivity contribution in [2.24, 2.45) is 0 Å². The Kier molecular flexibility index (Phi) is 6.24. The number of aliphatic hydroxyl groups is 1. The van der Waals surface area contributed by atoms with Gasteiger partial charge in [0.15, 0.2) is 0 Å². The van der Waals surface area contributed by atoms with Crippen LogP contribution in [0.1, 0.15) is 18.4 Å². The molecule has 4 aromatic rings. The van der Waals surface area contributed by atoms with E-state index in [4.69, 9.17) is 10.7 Å². The average Bonchev–Trinajstić information content (AvgIpc) is 3.31. The van der Waals surface area contributed by atoms with Crippen LogP contribution >= 0.6 is 0 Å². The van der Waals surface area contributed by atoms with E-state index in [-0.39, 0.29) is 12.2 Å². The summed E-state index contributed by atoms with van der Waals surface area (Å²) >= 11 is 0. The second-order valence-electron chi connectivity index (χ2n) is 8.69. The molecule has 1 aromatic carbocycles. The number of hydrogen-bond acceptors (Lipinski definition) is 7. The molecule has 1 aliphatic rings. The van der Waals surface area contributed by atoms with Gasteiger partial charge in [-0.25, -0.2) is 9.97 Å². The van der Waals surface area contributed by atoms with Gasteiger partial charge >= 0.3 is 0 Å². The van der Waals surface area contributed by atoms with Crippen molar-refractivity contribution >= 4 is 28.1 Å². The minimum absolute atomic E-state index is 0.199. The number of aromatic nitrogens is 3. The van der Waals surface area contributed by atoms with Gasteiger partial charge in [0.05, 0.1) is 17.7 Å². The van der Waals surface area contributed by atoms with Gasteiger partial charge in [0, 0.05) is 36.2 Å². The maximum atomic E-state index is 12.6. The lowest BCUT2D eigenvalue weighted by atomic mass is 10.1. The molecule has 5 N–H and O–H groups in total. The van der Waals surface area contributed by atoms with Gasteiger partial charge in [-0.15, -0.1) is 0 Å². The van der Waals surface area contributed by atoms with E-state index in [0.29, 0.717) is 28.8 Å². The van der Waals surface area contributed by atoms with Crippen molar-refractivity contribution in [1.82, 2.24) is 19.9 Å². The van der Waals surface area contributed by atoms with Gasteiger partial charge in [-0.05, 0) is 73.2 Å². The van der Waals surface area contributed by atoms with Crippen molar-refractivity contribution in [2.75, 3.05) is 30.7 Å². The Morgan fingerprint density at radius 2 is 2.03 bits per heavy atom. The van der Waals surface area contributed by atoms with Crippen molar-refractivity contribution in [2.45, 2.75) is 25.3 Å². The van der Waals surface area contributed by atoms with E-state index in [0.717, 1.165) is 49.0 Å². The molecule has 0 aliphatic carbocycles. The molecule has 3 aromatic heterocycles. The lowest BCUT2D eigenvalue weighted by molar-refractivity contribution is 0.160. The fraction of sp³-hybridized carbons (Fsp3) is 0.269. The number of rotatable bonds is 7. The summed E-state index contributed by atoms with van der Waals surface area (Å²) in [5.74, 6) is 0.929. The van der Waals surface area contributed by atoms with Crippen LogP contribution in [0, 0.1) is 0 Å². The Balaban J connectivity index is 1.39. The smallest absolute Gasteiger partial charge is 0.259 e. The molecule has 0 amide bonds. The van der Waals surface area contributed by atoms with Gasteiger partial charge in [-0.1, -0.05) is 12.1 Å². The summed E-state index contributed by atoms with van der Waals surface area (Å²) in [4.78, 5) is 26.6. The number of hydrogen-bond donors (Lipinski definition) is 4. The topological polar surface area (TPSA) is 120 Å². The summed E-state index contributed by atoms with van der Waals surface area (Å²) in [6.45, 7) is 2.23. The first-order chi connectivity index (χ1) is 16.6. The second-order valence-corrected chi connectivity index (χ2v) is 8.69. The summed E-state index contributed by atoms with van der Waals surface area (Å²) in [6, 6.07) is 15.8. The lowest BCUT2D eigenvalue weighted by Gasteiger charge is -2.22. The summed E-state index contributed by atoms with van der Waals surface area (Å²) in [7, 11) is 0. The number of aromatic amines is 1. The minimum atomic E-state index is -0.199. The lowest BCUT2D eigenvalue weighted by Crippen LogP contribution is -2.33. The number of nitrogens with zero attached hydrogens (tertiary/aromatic N) is 3. The zero-order chi connectivity index (χ0) is 23.5. The molecule has 8 nitrogen and oxygen atoms in total. The standard InChI is InChI=1S/C26H28N6O2/c27-23-8-5-19(15-29-23)22-14-18-9-11-28-26(34)24(18)25(31-22)30-20-6-3-17(4-7-20)10-13-32-12-1-2-21(32)16-33/h3-9,11,14-15,21,33H,1-2,10,12-13,16H2,(H2,27,29)(H,28,34)(H,30,31)/t21-/m0/s1. The van der Waals surface area contributed by atoms with Crippen LogP contribution in [0.15, 0.2) is 65.7 Å². The van der Waals surface area contributed by atoms with Crippen LogP contribution in [-0.4, -0.2) is 50.7 Å². The summed E-state index contributed by atoms with van der Waals surface area (Å²) in [6.07, 6.45) is 6.47. The van der Waals surface area contributed by atoms with E-state index < -0.39 is 0 Å². The zero-order valence-corrected chi connectivity index (χ0v) is 18.9. The van der Waals surface area contributed by atoms with Gasteiger partial charge in [0.1, 0.15) is 11.6 Å². The van der Waals surface area contributed by atoms with E-state index in [2.05, 4.69) is 32.3 Å². The number of pyridine rings is 3. The van der Waals surface area contributed by atoms with Crippen LogP contribution in [0.25, 0.3) is 22.0 Å². The number of nitrogens with one attached hydrogen (secondary N) is 2. The van der Waals surface area contributed by atoms with E-state index in [1.165, 1.54) is 5.56 Å². The summed E-state index contributed by atoms with van der Waals surface area (Å²) < 4.78 is 0. The van der Waals surface area contributed by atoms with Crippen LogP contribution in [0.2, 0.25) is 0 Å². The number of benzene rings is 1. The number of aliphatic hydroxyl groups excluding tert-OH is 1. The number of anilines is 3. The SMILES string of the molecule is Nc1ccc(-c2cc3cc[nH]c(=O)c3c(Nc3ccc(CCN4CCC[C@H]4CO)cc3)n2)cn1. The number of nitrogen functional groups attached to an aromatic ring is 1. The Morgan fingerprint density at radius 3 is 2.79 bits per heavy atom. The molecular formula is C26H28N6O2. The molecule has 1 aliphatic heterocycles. The average molecular weight is 457 g/mol. The Morgan fingerprint density at radius 1 is 1.18 bits per heavy atom. The molecule has 1 atom stereocenters. The highest BCUT2D eigenvalue weighted by Gasteiger charge is 2.22. The molecule has 1 fully saturated rings. The van der Waals surface area contributed by atoms with Gasteiger partial charge in [-0.2, -0.15) is 0 Å². The first kappa shape index (κ1) is 22.1. The Bertz CT molecular complexity index is 1330. The zero-order valence-electron chi connectivity index (χ0n) is 18.9. The molecule has 34 heavy (non-hydrogen) atoms. The monoisotopic (exact) mass is 456 g/mol. The predicted molar refractivity (Wildman–Crippen MR) is 135 cm³/mol. The summed E-state index contributed by atoms with van der Waals surface area (Å²) in [5, 5.41) is 14.1. The van der Waals surface area contributed by atoms with Gasteiger partial charge in [0.25, 0.3) is 5.56 Å². The number of fused-ring (bicyclic) bond motifs is 1. The van der Waals surface area contributed by atoms with Crippen LogP contribution in [0.3, 0.4) is 0 Å². The maximum Gasteiger partial charge on any atom is 0.259 e. The first-order valence-electron chi connectivity index (χ1n) is 11.6. The van der Waals surface area contributed by atoms with Crippen molar-refractivity contribution in [3.63, 3.8) is 0 Å². The minimum Gasteiger partial charge on any atom is -0.395 e. The molecule has 1 saturated heterocycles. The van der Waals surface area contributed by atoms with Gasteiger partial charge < -0.3 is 21.1 Å². The van der Waals surface area contributed by atoms with Crippen molar-refractivity contribution < 1.29 is 5.11 Å². The third kappa shape index (κ3) is 4.64. The van der Waals surface area contributed by atoms with Crippen molar-refractivity contribution in [3.8, 4) is 11.3 Å². The maximum absolute atomic E-state index is 12.6. The highest BCUT2D eigenvalue weighted by atomic mass is 16.3. The molecule has 0 saturated carbocycles. The predicted octanol–water partition coefficient (Wildman–Crippen LogP) is 3.31. The van der Waals surface area contributed by atoms with Gasteiger partial charge in [0.2, 0.25) is 0 Å². The molecule has 0 unspecified atom stereocenters. The van der Waals surface area contributed by atoms with Crippen molar-refractivity contribution in [3.05, 3.63) is 76.8 Å². The van der Waals surface area contributed by atoms with Crippen LogP contribution in [-0.2, 0) is 6.42 Å². The molecule has 8 heteroatoms. The van der Waals surface area contributed by atoms with E-state index in [1.807, 2.05) is 30.3 Å². The fourth-order valence-corrected chi connectivity index (χ4v) is 4.57. The third-order valence-corrected chi connectivity index (χ3v) is 6.45. The molecule has 174 valence electrons. The van der Waals surface area contributed by atoms with E-state index in [9.17, 15) is 9.90 Å². The fourth-order valence-electron chi connectivity index (χ4n) is 4.57. The number of H-pyrrole nitrogens is 1. The molecule has 0 radical (unpaired) electrons. The Labute approximate surface area is 197 Å². The number of nitrogens with two attached hydrogens (primary N) is 1. The molecule has 0 bridgehead atoms. The van der Waals surface area contributed by atoms with Crippen molar-refractivity contribution in [1.29, 1.82) is 0 Å². The molecule has 0 spiro atoms. The van der Waals surface area contributed by atoms with E-state index >= 15 is 0 Å². The van der Waals surface area contributed by atoms with Gasteiger partial charge in [-0.3, -0.25) is 9.69 Å².